The van der Waals surface area contributed by atoms with Crippen LogP contribution in [0.25, 0.3) is 0 Å². The van der Waals surface area contributed by atoms with Crippen molar-refractivity contribution in [2.75, 3.05) is 6.54 Å². The highest BCUT2D eigenvalue weighted by atomic mass is 15.3. The Hall–Kier alpha value is -2.46. The third-order valence-electron chi connectivity index (χ3n) is 2.57. The van der Waals surface area contributed by atoms with Gasteiger partial charge in [-0.25, -0.2) is 0 Å². The molecule has 16 heavy (non-hydrogen) atoms. The molecule has 1 heterocycles. The lowest BCUT2D eigenvalue weighted by molar-refractivity contribution is 0.652. The molecule has 0 amide bonds. The predicted molar refractivity (Wildman–Crippen MR) is 58.3 cm³/mol. The van der Waals surface area contributed by atoms with Gasteiger partial charge in [0.1, 0.15) is 17.8 Å². The number of hydrogen-bond acceptors (Lipinski definition) is 4. The van der Waals surface area contributed by atoms with Gasteiger partial charge in [0.15, 0.2) is 5.70 Å². The van der Waals surface area contributed by atoms with Gasteiger partial charge < -0.3 is 10.6 Å². The third kappa shape index (κ3) is 1.69. The third-order valence-corrected chi connectivity index (χ3v) is 2.57. The molecule has 4 heteroatoms. The van der Waals surface area contributed by atoms with Crippen LogP contribution in [-0.2, 0) is 0 Å². The Morgan fingerprint density at radius 2 is 1.94 bits per heavy atom. The van der Waals surface area contributed by atoms with Gasteiger partial charge in [-0.3, -0.25) is 0 Å². The topological polar surface area (TPSA) is 76.6 Å². The number of nitrogens with zero attached hydrogens (tertiary/aromatic N) is 3. The van der Waals surface area contributed by atoms with Crippen LogP contribution >= 0.6 is 0 Å². The van der Waals surface area contributed by atoms with Crippen molar-refractivity contribution >= 4 is 0 Å². The second-order valence-electron chi connectivity index (χ2n) is 3.56. The lowest BCUT2D eigenvalue weighted by Crippen LogP contribution is -2.06. The van der Waals surface area contributed by atoms with Gasteiger partial charge >= 0.3 is 0 Å². The van der Waals surface area contributed by atoms with Gasteiger partial charge in [0.2, 0.25) is 0 Å². The Balaban J connectivity index is 2.20. The lowest BCUT2D eigenvalue weighted by Gasteiger charge is -2.03. The van der Waals surface area contributed by atoms with Crippen LogP contribution in [0.15, 0.2) is 41.7 Å². The molecule has 1 unspecified atom stereocenters. The largest absolute Gasteiger partial charge is 0.388 e. The normalized spacial score (nSPS) is 19.4. The summed E-state index contributed by atoms with van der Waals surface area (Å²) in [5.41, 5.74) is 6.86. The van der Waals surface area contributed by atoms with Gasteiger partial charge in [-0.1, -0.05) is 30.3 Å². The molecule has 0 radical (unpaired) electrons. The fourth-order valence-corrected chi connectivity index (χ4v) is 1.68. The van der Waals surface area contributed by atoms with E-state index < -0.39 is 0 Å². The summed E-state index contributed by atoms with van der Waals surface area (Å²) in [4.78, 5) is 1.83. The molecule has 0 bridgehead atoms. The zero-order valence-electron chi connectivity index (χ0n) is 8.59. The van der Waals surface area contributed by atoms with Crippen molar-refractivity contribution in [3.63, 3.8) is 0 Å². The predicted octanol–water partition coefficient (Wildman–Crippen LogP) is 1.26. The minimum absolute atomic E-state index is 0.0130. The molecule has 2 rings (SSSR count). The number of nitrogens with two attached hydrogens (primary N) is 1. The fraction of sp³-hybridized carbons (Fsp3) is 0.167. The molecule has 1 aromatic carbocycles. The summed E-state index contributed by atoms with van der Waals surface area (Å²) in [5.74, 6) is 0. The monoisotopic (exact) mass is 210 g/mol. The van der Waals surface area contributed by atoms with Crippen molar-refractivity contribution in [2.45, 2.75) is 6.04 Å². The summed E-state index contributed by atoms with van der Waals surface area (Å²) in [6, 6.07) is 13.8. The second-order valence-corrected chi connectivity index (χ2v) is 3.56. The summed E-state index contributed by atoms with van der Waals surface area (Å²) in [7, 11) is 0. The van der Waals surface area contributed by atoms with Crippen LogP contribution in [0, 0.1) is 22.7 Å². The highest BCUT2D eigenvalue weighted by Gasteiger charge is 2.38. The first-order valence-corrected chi connectivity index (χ1v) is 4.89. The van der Waals surface area contributed by atoms with Crippen molar-refractivity contribution in [3.05, 3.63) is 47.3 Å². The van der Waals surface area contributed by atoms with Gasteiger partial charge in [-0.15, -0.1) is 0 Å². The molecule has 1 fully saturated rings. The van der Waals surface area contributed by atoms with Crippen LogP contribution < -0.4 is 5.73 Å². The smallest absolute Gasteiger partial charge is 0.151 e. The van der Waals surface area contributed by atoms with E-state index in [1.807, 2.05) is 41.3 Å². The van der Waals surface area contributed by atoms with Gasteiger partial charge in [0, 0.05) is 6.54 Å². The van der Waals surface area contributed by atoms with Crippen LogP contribution in [0.4, 0.5) is 0 Å². The standard InChI is InChI=1S/C12H10N4/c13-6-10(15)11(7-14)16-8-12(16)9-4-2-1-3-5-9/h1-5,12H,8,15H2. The van der Waals surface area contributed by atoms with Crippen LogP contribution in [-0.4, -0.2) is 11.4 Å². The SMILES string of the molecule is N#CC(N)=C(C#N)N1CC1c1ccccc1. The molecule has 1 aliphatic heterocycles. The van der Waals surface area contributed by atoms with E-state index >= 15 is 0 Å². The average Bonchev–Trinajstić information content (AvgIpc) is 3.11. The highest BCUT2D eigenvalue weighted by molar-refractivity contribution is 5.39. The first-order valence-electron chi connectivity index (χ1n) is 4.89. The molecule has 0 spiro atoms. The molecule has 2 N–H and O–H groups in total. The minimum Gasteiger partial charge on any atom is -0.388 e. The summed E-state index contributed by atoms with van der Waals surface area (Å²) < 4.78 is 0. The molecule has 4 nitrogen and oxygen atoms in total. The first-order chi connectivity index (χ1) is 7.77. The van der Waals surface area contributed by atoms with Crippen molar-refractivity contribution < 1.29 is 0 Å². The second kappa shape index (κ2) is 3.96. The molecule has 1 aliphatic rings. The average molecular weight is 210 g/mol. The summed E-state index contributed by atoms with van der Waals surface area (Å²) in [6.07, 6.45) is 0. The lowest BCUT2D eigenvalue weighted by atomic mass is 10.2. The maximum Gasteiger partial charge on any atom is 0.151 e. The van der Waals surface area contributed by atoms with E-state index in [0.29, 0.717) is 0 Å². The number of hydrogen-bond donors (Lipinski definition) is 1. The molecule has 1 atom stereocenters. The molecule has 0 saturated carbocycles. The Bertz CT molecular complexity index is 504. The molecule has 78 valence electrons. The van der Waals surface area contributed by atoms with Gasteiger partial charge in [0.05, 0.1) is 6.04 Å². The maximum atomic E-state index is 8.92. The number of benzene rings is 1. The Labute approximate surface area is 93.8 Å². The van der Waals surface area contributed by atoms with Crippen LogP contribution in [0.3, 0.4) is 0 Å². The van der Waals surface area contributed by atoms with Crippen molar-refractivity contribution in [3.8, 4) is 12.1 Å². The van der Waals surface area contributed by atoms with E-state index in [2.05, 4.69) is 0 Å². The van der Waals surface area contributed by atoms with E-state index in [9.17, 15) is 0 Å². The van der Waals surface area contributed by atoms with Gasteiger partial charge in [0.25, 0.3) is 0 Å². The van der Waals surface area contributed by atoms with Crippen LogP contribution in [0.1, 0.15) is 11.6 Å². The number of rotatable bonds is 2. The van der Waals surface area contributed by atoms with Crippen molar-refractivity contribution in [1.29, 1.82) is 10.5 Å². The van der Waals surface area contributed by atoms with E-state index in [4.69, 9.17) is 16.3 Å². The Kier molecular flexibility index (Phi) is 2.49. The molecule has 1 aromatic rings. The fourth-order valence-electron chi connectivity index (χ4n) is 1.68. The minimum atomic E-state index is -0.0130. The van der Waals surface area contributed by atoms with Crippen molar-refractivity contribution in [1.82, 2.24) is 4.90 Å². The number of nitriles is 2. The molecule has 0 aromatic heterocycles. The molecular formula is C12H10N4. The maximum absolute atomic E-state index is 8.92. The van der Waals surface area contributed by atoms with E-state index in [1.54, 1.807) is 6.07 Å². The Morgan fingerprint density at radius 3 is 2.50 bits per heavy atom. The zero-order chi connectivity index (χ0) is 11.5. The zero-order valence-corrected chi connectivity index (χ0v) is 8.59. The summed E-state index contributed by atoms with van der Waals surface area (Å²) >= 11 is 0. The Morgan fingerprint density at radius 1 is 1.25 bits per heavy atom. The first kappa shape index (κ1) is 10.1. The molecular weight excluding hydrogens is 200 g/mol. The highest BCUT2D eigenvalue weighted by Crippen LogP contribution is 2.38. The van der Waals surface area contributed by atoms with E-state index in [1.165, 1.54) is 0 Å². The molecule has 0 aliphatic carbocycles. The summed E-state index contributed by atoms with van der Waals surface area (Å²) in [6.45, 7) is 0.745. The van der Waals surface area contributed by atoms with Gasteiger partial charge in [-0.2, -0.15) is 10.5 Å². The quantitative estimate of drug-likeness (QED) is 0.589. The van der Waals surface area contributed by atoms with E-state index in [-0.39, 0.29) is 17.4 Å². The van der Waals surface area contributed by atoms with E-state index in [0.717, 1.165) is 12.1 Å². The molecule has 1 saturated heterocycles. The van der Waals surface area contributed by atoms with Crippen LogP contribution in [0.5, 0.6) is 0 Å². The summed E-state index contributed by atoms with van der Waals surface area (Å²) in [5, 5.41) is 17.6. The van der Waals surface area contributed by atoms with Gasteiger partial charge in [-0.05, 0) is 5.56 Å². The van der Waals surface area contributed by atoms with Crippen molar-refractivity contribution in [2.24, 2.45) is 5.73 Å². The van der Waals surface area contributed by atoms with Crippen LogP contribution in [0.2, 0.25) is 0 Å². The number of allylic oxidation sites excluding steroid dienone is 2.